The highest BCUT2D eigenvalue weighted by Crippen LogP contribution is 2.23. The molecule has 0 bridgehead atoms. The standard InChI is InChI=1S/C11H13ClO5/c1-16-5-8(13)6-17-10-3-2-7(12)4-9(10)11(14)15/h2-4,8,13H,5-6H2,1H3,(H,14,15). The summed E-state index contributed by atoms with van der Waals surface area (Å²) in [4.78, 5) is 10.9. The second-order valence-electron chi connectivity index (χ2n) is 3.37. The molecule has 0 fully saturated rings. The van der Waals surface area contributed by atoms with E-state index in [0.717, 1.165) is 0 Å². The van der Waals surface area contributed by atoms with Crippen LogP contribution in [0, 0.1) is 0 Å². The Labute approximate surface area is 104 Å². The maximum Gasteiger partial charge on any atom is 0.339 e. The SMILES string of the molecule is COCC(O)COc1ccc(Cl)cc1C(=O)O. The van der Waals surface area contributed by atoms with E-state index in [0.29, 0.717) is 5.02 Å². The molecule has 5 nitrogen and oxygen atoms in total. The fourth-order valence-electron chi connectivity index (χ4n) is 1.22. The number of ether oxygens (including phenoxy) is 2. The largest absolute Gasteiger partial charge is 0.490 e. The molecule has 1 aromatic rings. The highest BCUT2D eigenvalue weighted by atomic mass is 35.5. The number of halogens is 1. The number of carboxylic acid groups (broad SMARTS) is 1. The maximum absolute atomic E-state index is 10.9. The van der Waals surface area contributed by atoms with Gasteiger partial charge in [0.05, 0.1) is 6.61 Å². The van der Waals surface area contributed by atoms with Gasteiger partial charge in [-0.05, 0) is 18.2 Å². The molecular formula is C11H13ClO5. The van der Waals surface area contributed by atoms with Crippen molar-refractivity contribution in [2.24, 2.45) is 0 Å². The van der Waals surface area contributed by atoms with E-state index >= 15 is 0 Å². The van der Waals surface area contributed by atoms with Gasteiger partial charge in [0, 0.05) is 12.1 Å². The van der Waals surface area contributed by atoms with Crippen molar-refractivity contribution in [1.29, 1.82) is 0 Å². The van der Waals surface area contributed by atoms with E-state index in [9.17, 15) is 9.90 Å². The lowest BCUT2D eigenvalue weighted by molar-refractivity contribution is 0.0319. The highest BCUT2D eigenvalue weighted by molar-refractivity contribution is 6.31. The van der Waals surface area contributed by atoms with Crippen LogP contribution in [0.1, 0.15) is 10.4 Å². The molecule has 0 aromatic heterocycles. The molecule has 1 atom stereocenters. The van der Waals surface area contributed by atoms with Gasteiger partial charge >= 0.3 is 5.97 Å². The van der Waals surface area contributed by atoms with Crippen molar-refractivity contribution in [2.75, 3.05) is 20.3 Å². The number of aromatic carboxylic acids is 1. The molecule has 0 saturated carbocycles. The third-order valence-corrected chi connectivity index (χ3v) is 2.20. The molecule has 17 heavy (non-hydrogen) atoms. The first-order valence-corrected chi connectivity index (χ1v) is 5.25. The van der Waals surface area contributed by atoms with Crippen LogP contribution >= 0.6 is 11.6 Å². The van der Waals surface area contributed by atoms with Crippen molar-refractivity contribution < 1.29 is 24.5 Å². The summed E-state index contributed by atoms with van der Waals surface area (Å²) >= 11 is 5.69. The third kappa shape index (κ3) is 4.22. The summed E-state index contributed by atoms with van der Waals surface area (Å²) < 4.78 is 9.92. The van der Waals surface area contributed by atoms with Crippen molar-refractivity contribution in [2.45, 2.75) is 6.10 Å². The summed E-state index contributed by atoms with van der Waals surface area (Å²) in [6.07, 6.45) is -0.808. The van der Waals surface area contributed by atoms with E-state index in [1.54, 1.807) is 0 Å². The minimum absolute atomic E-state index is 0.0397. The van der Waals surface area contributed by atoms with Gasteiger partial charge in [0.1, 0.15) is 24.0 Å². The Morgan fingerprint density at radius 2 is 2.18 bits per heavy atom. The molecular weight excluding hydrogens is 248 g/mol. The van der Waals surface area contributed by atoms with Crippen LogP contribution in [-0.4, -0.2) is 42.6 Å². The van der Waals surface area contributed by atoms with Crippen LogP contribution in [-0.2, 0) is 4.74 Å². The molecule has 0 aliphatic rings. The van der Waals surface area contributed by atoms with E-state index in [1.807, 2.05) is 0 Å². The maximum atomic E-state index is 10.9. The number of carboxylic acids is 1. The summed E-state index contributed by atoms with van der Waals surface area (Å²) in [6, 6.07) is 4.26. The predicted octanol–water partition coefficient (Wildman–Crippen LogP) is 1.42. The number of carbonyl (C=O) groups is 1. The van der Waals surface area contributed by atoms with Crippen molar-refractivity contribution in [3.05, 3.63) is 28.8 Å². The van der Waals surface area contributed by atoms with Gasteiger partial charge in [-0.2, -0.15) is 0 Å². The summed E-state index contributed by atoms with van der Waals surface area (Å²) in [5.74, 6) is -0.971. The van der Waals surface area contributed by atoms with E-state index in [1.165, 1.54) is 25.3 Å². The van der Waals surface area contributed by atoms with Gasteiger partial charge < -0.3 is 19.7 Å². The first kappa shape index (κ1) is 13.8. The number of aliphatic hydroxyl groups is 1. The lowest BCUT2D eigenvalue weighted by atomic mass is 10.2. The summed E-state index contributed by atoms with van der Waals surface area (Å²) in [6.45, 7) is 0.0751. The van der Waals surface area contributed by atoms with Crippen LogP contribution in [0.2, 0.25) is 5.02 Å². The molecule has 0 heterocycles. The zero-order valence-corrected chi connectivity index (χ0v) is 9.98. The van der Waals surface area contributed by atoms with Crippen molar-refractivity contribution in [3.63, 3.8) is 0 Å². The monoisotopic (exact) mass is 260 g/mol. The molecule has 0 saturated heterocycles. The fraction of sp³-hybridized carbons (Fsp3) is 0.364. The number of hydrogen-bond acceptors (Lipinski definition) is 4. The Bertz CT molecular complexity index is 393. The second kappa shape index (κ2) is 6.44. The Morgan fingerprint density at radius 3 is 2.76 bits per heavy atom. The average molecular weight is 261 g/mol. The topological polar surface area (TPSA) is 76.0 Å². The Kier molecular flexibility index (Phi) is 5.21. The number of aliphatic hydroxyl groups excluding tert-OH is 1. The molecule has 1 unspecified atom stereocenters. The van der Waals surface area contributed by atoms with E-state index in [4.69, 9.17) is 26.2 Å². The van der Waals surface area contributed by atoms with Crippen LogP contribution in [0.5, 0.6) is 5.75 Å². The Balaban J connectivity index is 2.73. The van der Waals surface area contributed by atoms with Crippen LogP contribution in [0.4, 0.5) is 0 Å². The van der Waals surface area contributed by atoms with Gasteiger partial charge in [-0.25, -0.2) is 4.79 Å². The molecule has 0 amide bonds. The number of rotatable bonds is 6. The van der Waals surface area contributed by atoms with Crippen molar-refractivity contribution in [3.8, 4) is 5.75 Å². The van der Waals surface area contributed by atoms with Crippen LogP contribution in [0.15, 0.2) is 18.2 Å². The minimum Gasteiger partial charge on any atom is -0.490 e. The number of benzene rings is 1. The molecule has 1 aromatic carbocycles. The Morgan fingerprint density at radius 1 is 1.47 bits per heavy atom. The zero-order chi connectivity index (χ0) is 12.8. The third-order valence-electron chi connectivity index (χ3n) is 1.96. The Hall–Kier alpha value is -1.30. The van der Waals surface area contributed by atoms with E-state index < -0.39 is 12.1 Å². The lowest BCUT2D eigenvalue weighted by Gasteiger charge is -2.13. The van der Waals surface area contributed by atoms with Crippen LogP contribution in [0.25, 0.3) is 0 Å². The van der Waals surface area contributed by atoms with Gasteiger partial charge in [-0.15, -0.1) is 0 Å². The van der Waals surface area contributed by atoms with Crippen LogP contribution < -0.4 is 4.74 Å². The number of methoxy groups -OCH3 is 1. The zero-order valence-electron chi connectivity index (χ0n) is 9.22. The van der Waals surface area contributed by atoms with Gasteiger partial charge in [0.15, 0.2) is 0 Å². The molecule has 0 radical (unpaired) electrons. The first-order chi connectivity index (χ1) is 8.04. The molecule has 0 aliphatic carbocycles. The van der Waals surface area contributed by atoms with Gasteiger partial charge in [-0.1, -0.05) is 11.6 Å². The quantitative estimate of drug-likeness (QED) is 0.809. The molecule has 0 aliphatic heterocycles. The van der Waals surface area contributed by atoms with E-state index in [-0.39, 0.29) is 24.5 Å². The van der Waals surface area contributed by atoms with Crippen LogP contribution in [0.3, 0.4) is 0 Å². The smallest absolute Gasteiger partial charge is 0.339 e. The van der Waals surface area contributed by atoms with E-state index in [2.05, 4.69) is 0 Å². The minimum atomic E-state index is -1.14. The summed E-state index contributed by atoms with van der Waals surface area (Å²) in [5, 5.41) is 18.6. The molecule has 0 spiro atoms. The highest BCUT2D eigenvalue weighted by Gasteiger charge is 2.13. The molecule has 1 rings (SSSR count). The second-order valence-corrected chi connectivity index (χ2v) is 3.80. The van der Waals surface area contributed by atoms with Crippen molar-refractivity contribution in [1.82, 2.24) is 0 Å². The predicted molar refractivity (Wildman–Crippen MR) is 61.8 cm³/mol. The normalized spacial score (nSPS) is 12.2. The molecule has 94 valence electrons. The fourth-order valence-corrected chi connectivity index (χ4v) is 1.39. The molecule has 6 heteroatoms. The average Bonchev–Trinajstić information content (AvgIpc) is 2.27. The van der Waals surface area contributed by atoms with Gasteiger partial charge in [0.25, 0.3) is 0 Å². The summed E-state index contributed by atoms with van der Waals surface area (Å²) in [7, 11) is 1.45. The van der Waals surface area contributed by atoms with Gasteiger partial charge in [0.2, 0.25) is 0 Å². The molecule has 2 N–H and O–H groups in total. The van der Waals surface area contributed by atoms with Crippen molar-refractivity contribution >= 4 is 17.6 Å². The lowest BCUT2D eigenvalue weighted by Crippen LogP contribution is -2.23. The number of hydrogen-bond donors (Lipinski definition) is 2. The van der Waals surface area contributed by atoms with Gasteiger partial charge in [-0.3, -0.25) is 0 Å². The first-order valence-electron chi connectivity index (χ1n) is 4.87. The summed E-state index contributed by atoms with van der Waals surface area (Å²) in [5.41, 5.74) is -0.0397.